The van der Waals surface area contributed by atoms with E-state index in [1.165, 1.54) is 0 Å². The van der Waals surface area contributed by atoms with Crippen molar-refractivity contribution in [2.75, 3.05) is 45.1 Å². The Morgan fingerprint density at radius 1 is 1.07 bits per heavy atom. The topological polar surface area (TPSA) is 98.7 Å². The summed E-state index contributed by atoms with van der Waals surface area (Å²) in [5, 5.41) is 3.14. The van der Waals surface area contributed by atoms with E-state index in [1.54, 1.807) is 20.4 Å². The Kier molecular flexibility index (Phi) is 5.76. The predicted molar refractivity (Wildman–Crippen MR) is 110 cm³/mol. The molecule has 1 N–H and O–H groups in total. The first-order chi connectivity index (χ1) is 13.9. The van der Waals surface area contributed by atoms with Crippen LogP contribution >= 0.6 is 0 Å². The number of fused-ring (bicyclic) bond motifs is 1. The Bertz CT molecular complexity index is 867. The van der Waals surface area contributed by atoms with Gasteiger partial charge in [0.25, 0.3) is 10.2 Å². The van der Waals surface area contributed by atoms with Gasteiger partial charge in [0.05, 0.1) is 12.2 Å². The first-order valence-corrected chi connectivity index (χ1v) is 11.9. The second kappa shape index (κ2) is 8.16. The summed E-state index contributed by atoms with van der Waals surface area (Å²) in [4.78, 5) is 23.1. The lowest BCUT2D eigenvalue weighted by Gasteiger charge is -2.30. The second-order valence-electron chi connectivity index (χ2n) is 8.11. The first-order valence-electron chi connectivity index (χ1n) is 10.5. The van der Waals surface area contributed by atoms with Crippen molar-refractivity contribution in [1.82, 2.24) is 23.5 Å². The number of piperidine rings is 1. The molecule has 29 heavy (non-hydrogen) atoms. The molecule has 4 heterocycles. The Balaban J connectivity index is 1.53. The molecule has 0 bridgehead atoms. The number of hydrogen-bond donors (Lipinski definition) is 1. The standard InChI is InChI=1S/C19H30N6O3S/c1-14(26)23-10-7-17-16(13-23)19(20-2)22-18(21-17)15-6-11-25(12-15)29(27,28)24-8-4-3-5-9-24/h15H,3-13H2,1-2H3,(H,20,21,22). The minimum Gasteiger partial charge on any atom is -0.373 e. The monoisotopic (exact) mass is 422 g/mol. The molecule has 1 unspecified atom stereocenters. The zero-order valence-electron chi connectivity index (χ0n) is 17.2. The molecule has 0 aliphatic carbocycles. The van der Waals surface area contributed by atoms with Crippen LogP contribution in [0.4, 0.5) is 5.82 Å². The van der Waals surface area contributed by atoms with Crippen LogP contribution in [-0.4, -0.2) is 77.6 Å². The molecule has 3 aliphatic heterocycles. The highest BCUT2D eigenvalue weighted by atomic mass is 32.2. The minimum atomic E-state index is -3.40. The van der Waals surface area contributed by atoms with Crippen molar-refractivity contribution >= 4 is 21.9 Å². The summed E-state index contributed by atoms with van der Waals surface area (Å²) in [6.45, 7) is 4.93. The summed E-state index contributed by atoms with van der Waals surface area (Å²) in [5.74, 6) is 1.50. The van der Waals surface area contributed by atoms with E-state index in [9.17, 15) is 13.2 Å². The molecule has 0 saturated carbocycles. The van der Waals surface area contributed by atoms with Crippen LogP contribution in [0.2, 0.25) is 0 Å². The number of anilines is 1. The molecule has 2 saturated heterocycles. The molecule has 9 nitrogen and oxygen atoms in total. The van der Waals surface area contributed by atoms with Crippen LogP contribution in [0.3, 0.4) is 0 Å². The zero-order chi connectivity index (χ0) is 20.6. The largest absolute Gasteiger partial charge is 0.373 e. The maximum Gasteiger partial charge on any atom is 0.281 e. The SMILES string of the molecule is CNc1nc(C2CCN(S(=O)(=O)N3CCCCC3)C2)nc2c1CN(C(C)=O)CC2. The highest BCUT2D eigenvalue weighted by Crippen LogP contribution is 2.32. The molecule has 3 aliphatic rings. The third-order valence-electron chi connectivity index (χ3n) is 6.24. The number of amides is 1. The molecule has 4 rings (SSSR count). The molecule has 0 spiro atoms. The van der Waals surface area contributed by atoms with E-state index in [-0.39, 0.29) is 11.8 Å². The smallest absolute Gasteiger partial charge is 0.281 e. The molecule has 2 fully saturated rings. The lowest BCUT2D eigenvalue weighted by Crippen LogP contribution is -2.45. The lowest BCUT2D eigenvalue weighted by atomic mass is 10.0. The van der Waals surface area contributed by atoms with Crippen molar-refractivity contribution < 1.29 is 13.2 Å². The minimum absolute atomic E-state index is 0.00203. The maximum atomic E-state index is 13.0. The van der Waals surface area contributed by atoms with Crippen LogP contribution in [0.5, 0.6) is 0 Å². The number of aromatic nitrogens is 2. The van der Waals surface area contributed by atoms with Crippen molar-refractivity contribution in [1.29, 1.82) is 0 Å². The van der Waals surface area contributed by atoms with Gasteiger partial charge < -0.3 is 10.2 Å². The van der Waals surface area contributed by atoms with Crippen molar-refractivity contribution in [2.45, 2.75) is 51.5 Å². The van der Waals surface area contributed by atoms with E-state index < -0.39 is 10.2 Å². The van der Waals surface area contributed by atoms with Crippen LogP contribution in [0, 0.1) is 0 Å². The fourth-order valence-electron chi connectivity index (χ4n) is 4.50. The third-order valence-corrected chi connectivity index (χ3v) is 8.25. The Hall–Kier alpha value is -1.78. The second-order valence-corrected chi connectivity index (χ2v) is 10.0. The lowest BCUT2D eigenvalue weighted by molar-refractivity contribution is -0.129. The van der Waals surface area contributed by atoms with Crippen LogP contribution in [0.25, 0.3) is 0 Å². The quantitative estimate of drug-likeness (QED) is 0.776. The van der Waals surface area contributed by atoms with Crippen LogP contribution in [0.15, 0.2) is 0 Å². The van der Waals surface area contributed by atoms with Gasteiger partial charge in [0.15, 0.2) is 0 Å². The molecule has 1 atom stereocenters. The van der Waals surface area contributed by atoms with E-state index in [0.717, 1.165) is 42.8 Å². The van der Waals surface area contributed by atoms with Crippen LogP contribution in [0.1, 0.15) is 55.6 Å². The maximum absolute atomic E-state index is 13.0. The van der Waals surface area contributed by atoms with Gasteiger partial charge in [-0.15, -0.1) is 0 Å². The molecule has 160 valence electrons. The number of carbonyl (C=O) groups is 1. The summed E-state index contributed by atoms with van der Waals surface area (Å²) >= 11 is 0. The van der Waals surface area contributed by atoms with Crippen LogP contribution in [-0.2, 0) is 28.0 Å². The zero-order valence-corrected chi connectivity index (χ0v) is 18.0. The normalized spacial score (nSPS) is 23.8. The van der Waals surface area contributed by atoms with Gasteiger partial charge in [0.2, 0.25) is 5.91 Å². The highest BCUT2D eigenvalue weighted by Gasteiger charge is 2.38. The average molecular weight is 423 g/mol. The van der Waals surface area contributed by atoms with E-state index in [0.29, 0.717) is 51.5 Å². The molecule has 1 amide bonds. The Morgan fingerprint density at radius 3 is 2.52 bits per heavy atom. The van der Waals surface area contributed by atoms with Gasteiger partial charge in [0, 0.05) is 64.6 Å². The van der Waals surface area contributed by atoms with Gasteiger partial charge in [-0.1, -0.05) is 6.42 Å². The molecule has 1 aromatic heterocycles. The summed E-state index contributed by atoms with van der Waals surface area (Å²) in [7, 11) is -1.58. The van der Waals surface area contributed by atoms with E-state index in [1.807, 2.05) is 7.05 Å². The van der Waals surface area contributed by atoms with E-state index in [2.05, 4.69) is 5.32 Å². The highest BCUT2D eigenvalue weighted by molar-refractivity contribution is 7.86. The molecule has 0 radical (unpaired) electrons. The molecule has 1 aromatic rings. The van der Waals surface area contributed by atoms with Gasteiger partial charge in [-0.25, -0.2) is 9.97 Å². The van der Waals surface area contributed by atoms with E-state index >= 15 is 0 Å². The summed E-state index contributed by atoms with van der Waals surface area (Å²) in [5.41, 5.74) is 1.93. The molecule has 10 heteroatoms. The molecular weight excluding hydrogens is 392 g/mol. The average Bonchev–Trinajstić information content (AvgIpc) is 3.24. The van der Waals surface area contributed by atoms with Crippen molar-refractivity contribution in [3.63, 3.8) is 0 Å². The number of rotatable bonds is 4. The fraction of sp³-hybridized carbons (Fsp3) is 0.737. The van der Waals surface area contributed by atoms with Gasteiger partial charge in [-0.2, -0.15) is 17.0 Å². The summed E-state index contributed by atoms with van der Waals surface area (Å²) < 4.78 is 29.2. The number of hydrogen-bond acceptors (Lipinski definition) is 6. The Labute approximate surface area is 172 Å². The van der Waals surface area contributed by atoms with E-state index in [4.69, 9.17) is 9.97 Å². The molecule has 0 aromatic carbocycles. The van der Waals surface area contributed by atoms with Gasteiger partial charge in [-0.05, 0) is 19.3 Å². The van der Waals surface area contributed by atoms with Crippen molar-refractivity contribution in [3.8, 4) is 0 Å². The number of nitrogens with one attached hydrogen (secondary N) is 1. The Morgan fingerprint density at radius 2 is 1.83 bits per heavy atom. The predicted octanol–water partition coefficient (Wildman–Crippen LogP) is 0.943. The first kappa shape index (κ1) is 20.5. The molecular formula is C19H30N6O3S. The van der Waals surface area contributed by atoms with Gasteiger partial charge in [0.1, 0.15) is 11.6 Å². The van der Waals surface area contributed by atoms with Crippen molar-refractivity contribution in [3.05, 3.63) is 17.1 Å². The number of carbonyl (C=O) groups excluding carboxylic acids is 1. The van der Waals surface area contributed by atoms with Gasteiger partial charge >= 0.3 is 0 Å². The summed E-state index contributed by atoms with van der Waals surface area (Å²) in [6.07, 6.45) is 4.40. The summed E-state index contributed by atoms with van der Waals surface area (Å²) in [6, 6.07) is 0. The number of nitrogens with zero attached hydrogens (tertiary/aromatic N) is 5. The third kappa shape index (κ3) is 3.97. The fourth-order valence-corrected chi connectivity index (χ4v) is 6.25. The van der Waals surface area contributed by atoms with Gasteiger partial charge in [-0.3, -0.25) is 4.79 Å². The van der Waals surface area contributed by atoms with Crippen molar-refractivity contribution in [2.24, 2.45) is 0 Å². The van der Waals surface area contributed by atoms with Crippen LogP contribution < -0.4 is 5.32 Å².